The summed E-state index contributed by atoms with van der Waals surface area (Å²) in [5, 5.41) is 10.8. The summed E-state index contributed by atoms with van der Waals surface area (Å²) in [4.78, 5) is 27.8. The highest BCUT2D eigenvalue weighted by Gasteiger charge is 2.45. The second-order valence-corrected chi connectivity index (χ2v) is 7.38. The van der Waals surface area contributed by atoms with Crippen LogP contribution in [0.2, 0.25) is 0 Å². The quantitative estimate of drug-likeness (QED) is 0.510. The Kier molecular flexibility index (Phi) is 5.87. The first-order valence-electron chi connectivity index (χ1n) is 10.1. The summed E-state index contributed by atoms with van der Waals surface area (Å²) in [5.41, 5.74) is 0.357. The third-order valence-corrected chi connectivity index (χ3v) is 5.42. The zero-order chi connectivity index (χ0) is 23.7. The van der Waals surface area contributed by atoms with E-state index in [-0.39, 0.29) is 17.9 Å². The van der Waals surface area contributed by atoms with Crippen LogP contribution in [0.5, 0.6) is 17.2 Å². The number of benzene rings is 1. The lowest BCUT2D eigenvalue weighted by molar-refractivity contribution is -0.130. The van der Waals surface area contributed by atoms with Crippen molar-refractivity contribution >= 4 is 11.7 Å². The van der Waals surface area contributed by atoms with Gasteiger partial charge < -0.3 is 33.1 Å². The van der Waals surface area contributed by atoms with Crippen molar-refractivity contribution in [1.82, 2.24) is 4.90 Å². The molecule has 0 saturated heterocycles. The van der Waals surface area contributed by atoms with Gasteiger partial charge in [0, 0.05) is 0 Å². The van der Waals surface area contributed by atoms with Gasteiger partial charge in [0.05, 0.1) is 45.8 Å². The largest absolute Gasteiger partial charge is 0.503 e. The van der Waals surface area contributed by atoms with E-state index >= 15 is 0 Å². The summed E-state index contributed by atoms with van der Waals surface area (Å²) >= 11 is 0. The van der Waals surface area contributed by atoms with Gasteiger partial charge in [-0.05, 0) is 48.9 Å². The van der Waals surface area contributed by atoms with Crippen molar-refractivity contribution in [3.05, 3.63) is 76.8 Å². The van der Waals surface area contributed by atoms with Crippen LogP contribution >= 0.6 is 0 Å². The molecule has 9 heteroatoms. The molecule has 1 aliphatic heterocycles. The lowest BCUT2D eigenvalue weighted by Gasteiger charge is -2.27. The second-order valence-electron chi connectivity index (χ2n) is 7.38. The molecule has 3 aromatic rings. The number of ketones is 1. The van der Waals surface area contributed by atoms with Gasteiger partial charge in [-0.15, -0.1) is 0 Å². The van der Waals surface area contributed by atoms with E-state index in [4.69, 9.17) is 23.0 Å². The summed E-state index contributed by atoms with van der Waals surface area (Å²) in [5.74, 6) is 0.0857. The molecule has 1 atom stereocenters. The molecule has 0 bridgehead atoms. The van der Waals surface area contributed by atoms with Crippen LogP contribution in [0.3, 0.4) is 0 Å². The van der Waals surface area contributed by atoms with E-state index in [1.807, 2.05) is 0 Å². The number of amides is 1. The Bertz CT molecular complexity index is 1200. The summed E-state index contributed by atoms with van der Waals surface area (Å²) in [6.45, 7) is 1.72. The Morgan fingerprint density at radius 1 is 1.09 bits per heavy atom. The number of furan rings is 2. The van der Waals surface area contributed by atoms with Crippen molar-refractivity contribution in [2.75, 3.05) is 21.3 Å². The van der Waals surface area contributed by atoms with Crippen LogP contribution in [0.1, 0.15) is 33.7 Å². The molecule has 0 saturated carbocycles. The highest BCUT2D eigenvalue weighted by molar-refractivity contribution is 6.15. The van der Waals surface area contributed by atoms with Crippen LogP contribution in [0.25, 0.3) is 0 Å². The number of hydrogen-bond acceptors (Lipinski definition) is 8. The van der Waals surface area contributed by atoms with Gasteiger partial charge in [-0.25, -0.2) is 0 Å². The molecule has 1 aromatic carbocycles. The monoisotopic (exact) mass is 453 g/mol. The first-order chi connectivity index (χ1) is 15.9. The summed E-state index contributed by atoms with van der Waals surface area (Å²) in [6, 6.07) is 8.83. The van der Waals surface area contributed by atoms with Crippen LogP contribution in [0.15, 0.2) is 62.8 Å². The molecule has 1 amide bonds. The number of carbonyl (C=O) groups is 2. The first-order valence-corrected chi connectivity index (χ1v) is 10.1. The maximum atomic E-state index is 13.4. The summed E-state index contributed by atoms with van der Waals surface area (Å²) < 4.78 is 27.2. The van der Waals surface area contributed by atoms with E-state index < -0.39 is 23.5 Å². The fourth-order valence-electron chi connectivity index (χ4n) is 3.91. The Balaban J connectivity index is 1.88. The van der Waals surface area contributed by atoms with E-state index in [1.54, 1.807) is 37.3 Å². The third-order valence-electron chi connectivity index (χ3n) is 5.42. The Morgan fingerprint density at radius 2 is 1.79 bits per heavy atom. The number of aryl methyl sites for hydroxylation is 1. The highest BCUT2D eigenvalue weighted by Crippen LogP contribution is 2.46. The number of Topliss-reactive ketones (excluding diaryl/α,β-unsaturated/α-hetero) is 1. The third kappa shape index (κ3) is 3.82. The zero-order valence-electron chi connectivity index (χ0n) is 18.6. The highest BCUT2D eigenvalue weighted by atomic mass is 16.5. The van der Waals surface area contributed by atoms with E-state index in [2.05, 4.69) is 0 Å². The van der Waals surface area contributed by atoms with Gasteiger partial charge in [-0.3, -0.25) is 9.59 Å². The number of aliphatic hydroxyl groups excluding tert-OH is 1. The Labute approximate surface area is 189 Å². The molecule has 3 heterocycles. The Hall–Kier alpha value is -4.14. The molecule has 1 N–H and O–H groups in total. The van der Waals surface area contributed by atoms with Crippen LogP contribution in [-0.2, 0) is 11.3 Å². The van der Waals surface area contributed by atoms with Crippen molar-refractivity contribution in [1.29, 1.82) is 0 Å². The molecular formula is C24H23NO8. The zero-order valence-corrected chi connectivity index (χ0v) is 18.6. The average Bonchev–Trinajstić information content (AvgIpc) is 3.55. The van der Waals surface area contributed by atoms with Gasteiger partial charge in [0.25, 0.3) is 5.91 Å². The molecule has 0 aliphatic carbocycles. The predicted molar refractivity (Wildman–Crippen MR) is 116 cm³/mol. The lowest BCUT2D eigenvalue weighted by atomic mass is 9.94. The van der Waals surface area contributed by atoms with Gasteiger partial charge in [-0.2, -0.15) is 0 Å². The molecule has 1 aliphatic rings. The van der Waals surface area contributed by atoms with Gasteiger partial charge in [0.2, 0.25) is 11.5 Å². The summed E-state index contributed by atoms with van der Waals surface area (Å²) in [6.07, 6.45) is 1.48. The van der Waals surface area contributed by atoms with Gasteiger partial charge in [0.1, 0.15) is 11.5 Å². The number of hydrogen-bond donors (Lipinski definition) is 1. The predicted octanol–water partition coefficient (Wildman–Crippen LogP) is 3.99. The minimum absolute atomic E-state index is 0.0131. The smallest absolute Gasteiger partial charge is 0.290 e. The molecule has 0 radical (unpaired) electrons. The van der Waals surface area contributed by atoms with E-state index in [0.717, 1.165) is 0 Å². The van der Waals surface area contributed by atoms with Crippen molar-refractivity contribution in [2.45, 2.75) is 19.5 Å². The molecule has 9 nitrogen and oxygen atoms in total. The van der Waals surface area contributed by atoms with Crippen molar-refractivity contribution in [3.8, 4) is 17.2 Å². The number of rotatable bonds is 8. The van der Waals surface area contributed by atoms with Crippen molar-refractivity contribution in [3.63, 3.8) is 0 Å². The van der Waals surface area contributed by atoms with Crippen molar-refractivity contribution in [2.24, 2.45) is 0 Å². The number of ether oxygens (including phenoxy) is 3. The number of carbonyl (C=O) groups excluding carboxylic acids is 2. The van der Waals surface area contributed by atoms with E-state index in [1.165, 1.54) is 38.6 Å². The van der Waals surface area contributed by atoms with Crippen LogP contribution in [0, 0.1) is 6.92 Å². The minimum Gasteiger partial charge on any atom is -0.503 e. The molecular weight excluding hydrogens is 430 g/mol. The maximum Gasteiger partial charge on any atom is 0.290 e. The van der Waals surface area contributed by atoms with Crippen LogP contribution < -0.4 is 14.2 Å². The van der Waals surface area contributed by atoms with Crippen LogP contribution in [0.4, 0.5) is 0 Å². The van der Waals surface area contributed by atoms with Gasteiger partial charge >= 0.3 is 0 Å². The molecule has 0 fully saturated rings. The molecule has 4 rings (SSSR count). The molecule has 2 aromatic heterocycles. The molecule has 33 heavy (non-hydrogen) atoms. The summed E-state index contributed by atoms with van der Waals surface area (Å²) in [7, 11) is 4.40. The van der Waals surface area contributed by atoms with Crippen molar-refractivity contribution < 1.29 is 37.7 Å². The topological polar surface area (TPSA) is 112 Å². The second kappa shape index (κ2) is 8.78. The Morgan fingerprint density at radius 3 is 2.30 bits per heavy atom. The van der Waals surface area contributed by atoms with Gasteiger partial charge in [-0.1, -0.05) is 0 Å². The van der Waals surface area contributed by atoms with E-state index in [9.17, 15) is 14.7 Å². The number of aliphatic hydroxyl groups is 1. The average molecular weight is 453 g/mol. The standard InChI is InChI=1S/C24H23NO8/c1-13-7-8-16(33-13)21(26)19-20(14-10-17(29-2)23(31-4)18(11-14)30-3)25(24(28)22(19)27)12-15-6-5-9-32-15/h5-11,20,27H,12H2,1-4H3. The van der Waals surface area contributed by atoms with Crippen LogP contribution in [-0.4, -0.2) is 43.0 Å². The molecule has 172 valence electrons. The normalized spacial score (nSPS) is 15.8. The molecule has 1 unspecified atom stereocenters. The number of methoxy groups -OCH3 is 3. The number of nitrogens with zero attached hydrogens (tertiary/aromatic N) is 1. The minimum atomic E-state index is -0.964. The molecule has 0 spiro atoms. The lowest BCUT2D eigenvalue weighted by Crippen LogP contribution is -2.30. The SMILES string of the molecule is COc1cc(C2C(C(=O)c3ccc(C)o3)=C(O)C(=O)N2Cc2ccco2)cc(OC)c1OC. The fourth-order valence-corrected chi connectivity index (χ4v) is 3.91. The maximum absolute atomic E-state index is 13.4. The first kappa shape index (κ1) is 22.1. The van der Waals surface area contributed by atoms with Gasteiger partial charge in [0.15, 0.2) is 23.0 Å². The van der Waals surface area contributed by atoms with E-state index in [0.29, 0.717) is 34.3 Å². The fraction of sp³-hybridized carbons (Fsp3) is 0.250.